The number of aliphatic carboxylic acids is 5. The molecule has 70 heteroatoms. The highest BCUT2D eigenvalue weighted by atomic mass is 32.3. The topological polar surface area (TPSA) is 1020 Å². The van der Waals surface area contributed by atoms with Crippen LogP contribution in [0.5, 0.6) is 5.75 Å². The number of carboxylic acids is 5. The number of carboxylic acid groups (broad SMARTS) is 5. The first-order valence-corrected chi connectivity index (χ1v) is 46.0. The molecule has 1 aromatic rings. The van der Waals surface area contributed by atoms with Crippen LogP contribution < -0.4 is 26.0 Å². The summed E-state index contributed by atoms with van der Waals surface area (Å²) >= 11 is 0. The van der Waals surface area contributed by atoms with E-state index in [-0.39, 0.29) is 5.75 Å². The molecule has 9 aliphatic heterocycles. The molecule has 66 nitrogen and oxygen atoms in total. The maximum atomic E-state index is 13.4. The van der Waals surface area contributed by atoms with Gasteiger partial charge in [0.2, 0.25) is 29.9 Å². The third kappa shape index (κ3) is 27.8. The van der Waals surface area contributed by atoms with Gasteiger partial charge in [-0.2, -0.15) is 33.7 Å². The van der Waals surface area contributed by atoms with Gasteiger partial charge in [0, 0.05) is 39.5 Å². The molecule has 1 aromatic carbocycles. The molecule has 18 unspecified atom stereocenters. The van der Waals surface area contributed by atoms with Gasteiger partial charge in [-0.15, -0.1) is 0 Å². The minimum Gasteiger partial charge on any atom is -0.479 e. The van der Waals surface area contributed by atoms with E-state index in [2.05, 4.69) is 32.7 Å². The van der Waals surface area contributed by atoms with Crippen molar-refractivity contribution in [1.82, 2.24) is 21.3 Å². The first-order chi connectivity index (χ1) is 64.5. The second-order valence-electron chi connectivity index (χ2n) is 32.4. The van der Waals surface area contributed by atoms with E-state index in [1.165, 1.54) is 24.3 Å². The predicted molar refractivity (Wildman–Crippen MR) is 416 cm³/mol. The van der Waals surface area contributed by atoms with Crippen LogP contribution in [-0.4, -0.2) is 498 Å². The van der Waals surface area contributed by atoms with Gasteiger partial charge in [-0.25, -0.2) is 40.7 Å². The number of hydrogen-bond acceptors (Lipinski definition) is 53. The number of nitrogens with one attached hydrogen (secondary N) is 4. The third-order valence-electron chi connectivity index (χ3n) is 22.6. The van der Waals surface area contributed by atoms with Crippen molar-refractivity contribution in [3.8, 4) is 5.75 Å². The van der Waals surface area contributed by atoms with Crippen molar-refractivity contribution in [2.45, 2.75) is 299 Å². The summed E-state index contributed by atoms with van der Waals surface area (Å²) in [5.74, 6) is -20.2. The highest BCUT2D eigenvalue weighted by Gasteiger charge is 2.65. The van der Waals surface area contributed by atoms with Crippen molar-refractivity contribution in [1.29, 1.82) is 0 Å². The Labute approximate surface area is 780 Å². The SMILES string of the molecule is CC(=O)NC1[C@H](O[C@H]2C(C(=O)O)O[C@@H](O[C@@H]3C(COS(=O)(=O)O)O[C@@H](O[C@H]4C(C(=O)O)O[C@@H](O[C@@H]5C(COS(=O)(=O)O)O[C@@H](O[C@H]6C(C(=O)O)O[C@@H](O[C@@H]7C(COS(=O)(=O)O)O[C@@H](O)C(NC(C)=O)[C@H]7O)C(O)[C@H]6O)C(NC(C)=O)[C@H]5O)C(O)[C@H]4O)C(NC(C)=O)[C@H]3O)C(O)[C@H]2O)OC(COS(=O)(=O)O)[C@@H](O[C@@H]2OC(C(=O)O)[C@H]([C@@H]3C(C(=O)O)O[C@@H](Oc4ccc(C)cc4)C(O)[C@H]3O)[C@H](O)C2O)[C@@H]1O. The van der Waals surface area contributed by atoms with Crippen molar-refractivity contribution < 1.29 is 294 Å². The van der Waals surface area contributed by atoms with Gasteiger partial charge in [-0.3, -0.25) is 37.4 Å². The Morgan fingerprint density at radius 2 is 0.504 bits per heavy atom. The van der Waals surface area contributed by atoms with Crippen molar-refractivity contribution in [3.63, 3.8) is 0 Å². The molecular formula is C69H100N4O62S4. The summed E-state index contributed by atoms with van der Waals surface area (Å²) in [7, 11) is -22.5. The molecule has 9 aliphatic rings. The van der Waals surface area contributed by atoms with Crippen LogP contribution in [-0.2, 0) is 177 Å². The minimum absolute atomic E-state index is 0.0376. The van der Waals surface area contributed by atoms with Crippen molar-refractivity contribution in [3.05, 3.63) is 29.8 Å². The van der Waals surface area contributed by atoms with Crippen LogP contribution in [0.1, 0.15) is 33.3 Å². The van der Waals surface area contributed by atoms with E-state index in [9.17, 15) is 197 Å². The lowest BCUT2D eigenvalue weighted by atomic mass is 9.71. The Hall–Kier alpha value is -7.51. The van der Waals surface area contributed by atoms with E-state index in [4.69, 9.17) is 80.5 Å². The minimum atomic E-state index is -5.76. The number of amides is 4. The van der Waals surface area contributed by atoms with Crippen molar-refractivity contribution >= 4 is 95.1 Å². The standard InChI is InChI=1S/C69H100N4O62S4/c1-14-6-8-19(9-7-14)119-65-39(87)30(78)24(48(128-65)56(92)93)25-31(79)40(88)66(129-49(25)57(94)95)125-45-21(11-116-137(106,107)108)121-62(27(33(45)81)71-16(3)75)131-51-37(85)42(90)68(134-54(51)59(98)99)127-47-23(13-118-139(112,113)114)123-64(29(35(47)83)73-18(5)77)132-52-38(86)43(91)69(135-55(52)60(100)101)126-46-22(12-117-138(109,110)111)122-63(28(34(46)82)72-17(4)76)130-50-36(84)41(89)67(133-53(50)58(96)97)124-44-20(10-115-136(103,104)105)120-61(102)26(32(44)80)70-15(2)74/h6-9,20-55,61-69,78-91,102H,10-13H2,1-5H3,(H,70,74)(H,71,75)(H,72,76)(H,73,77)(H,92,93)(H,94,95)(H,96,97)(H,98,99)(H,100,101)(H,103,104,105)(H,106,107,108)(H,109,110,111)(H,112,113,114)/t20?,21?,22?,23?,24-,25+,26?,27?,28?,29?,30-,31-,32+,33+,34+,35+,36+,37+,38+,39?,40?,41?,42?,43?,44+,45+,46+,47+,48?,49?,50+,51+,52+,53?,54?,55?,61+,62-,63-,64-,65+,66+,67+,68+,69+/m0/s1. The zero-order chi connectivity index (χ0) is 104. The lowest BCUT2D eigenvalue weighted by molar-refractivity contribution is -0.382. The van der Waals surface area contributed by atoms with Crippen LogP contribution in [0.2, 0.25) is 0 Å². The molecule has 0 radical (unpaired) electrons. The molecule has 28 N–H and O–H groups in total. The first-order valence-electron chi connectivity index (χ1n) is 40.6. The molecule has 45 atom stereocenters. The maximum Gasteiger partial charge on any atom is 0.397 e. The van der Waals surface area contributed by atoms with Gasteiger partial charge < -0.3 is 204 Å². The third-order valence-corrected chi connectivity index (χ3v) is 24.4. The van der Waals surface area contributed by atoms with Crippen molar-refractivity contribution in [2.75, 3.05) is 26.4 Å². The van der Waals surface area contributed by atoms with Crippen LogP contribution >= 0.6 is 0 Å². The monoisotopic (exact) mass is 2100 g/mol. The van der Waals surface area contributed by atoms with E-state index in [0.29, 0.717) is 12.5 Å². The summed E-state index contributed by atoms with van der Waals surface area (Å²) in [6.07, 6.45) is -101. The van der Waals surface area contributed by atoms with Crippen LogP contribution in [0.3, 0.4) is 0 Å². The molecule has 10 rings (SSSR count). The highest BCUT2D eigenvalue weighted by Crippen LogP contribution is 2.45. The van der Waals surface area contributed by atoms with Gasteiger partial charge in [-0.1, -0.05) is 17.7 Å². The van der Waals surface area contributed by atoms with Crippen LogP contribution in [0, 0.1) is 18.8 Å². The van der Waals surface area contributed by atoms with Crippen molar-refractivity contribution in [2.24, 2.45) is 11.8 Å². The Kier molecular flexibility index (Phi) is 37.7. The molecule has 0 aromatic heterocycles. The number of carbonyl (C=O) groups excluding carboxylic acids is 4. The maximum absolute atomic E-state index is 13.4. The van der Waals surface area contributed by atoms with E-state index in [1.807, 2.05) is 5.32 Å². The fourth-order valence-corrected chi connectivity index (χ4v) is 17.7. The number of ether oxygens (including phenoxy) is 17. The lowest BCUT2D eigenvalue weighted by Gasteiger charge is -2.51. The Morgan fingerprint density at radius 3 is 0.763 bits per heavy atom. The zero-order valence-corrected chi connectivity index (χ0v) is 74.8. The Balaban J connectivity index is 0.864. The summed E-state index contributed by atoms with van der Waals surface area (Å²) < 4.78 is 248. The number of hydrogen-bond donors (Lipinski definition) is 28. The number of aryl methyl sites for hydroxylation is 1. The van der Waals surface area contributed by atoms with E-state index in [1.54, 1.807) is 6.92 Å². The average Bonchev–Trinajstić information content (AvgIpc) is 0.747. The molecule has 0 bridgehead atoms. The molecule has 9 fully saturated rings. The van der Waals surface area contributed by atoms with Crippen LogP contribution in [0.25, 0.3) is 0 Å². The Morgan fingerprint density at radius 1 is 0.281 bits per heavy atom. The van der Waals surface area contributed by atoms with Gasteiger partial charge in [0.1, 0.15) is 170 Å². The quantitative estimate of drug-likeness (QED) is 0.0273. The predicted octanol–water partition coefficient (Wildman–Crippen LogP) is -17.4. The second-order valence-corrected chi connectivity index (χ2v) is 36.8. The zero-order valence-electron chi connectivity index (χ0n) is 71.5. The number of benzene rings is 1. The summed E-state index contributed by atoms with van der Waals surface area (Å²) in [5.41, 5.74) is 0.712. The van der Waals surface area contributed by atoms with E-state index >= 15 is 0 Å². The fraction of sp³-hybridized carbons (Fsp3) is 0.783. The highest BCUT2D eigenvalue weighted by molar-refractivity contribution is 7.81. The van der Waals surface area contributed by atoms with Gasteiger partial charge in [0.05, 0.1) is 38.6 Å². The van der Waals surface area contributed by atoms with E-state index < -0.39 is 397 Å². The molecule has 139 heavy (non-hydrogen) atoms. The summed E-state index contributed by atoms with van der Waals surface area (Å²) in [6, 6.07) is -3.23. The lowest BCUT2D eigenvalue weighted by Crippen LogP contribution is -2.71. The normalized spacial score (nSPS) is 42.0. The molecule has 0 saturated carbocycles. The van der Waals surface area contributed by atoms with Gasteiger partial charge in [0.25, 0.3) is 0 Å². The number of carbonyl (C=O) groups is 9. The molecule has 0 aliphatic carbocycles. The van der Waals surface area contributed by atoms with Gasteiger partial charge in [-0.05, 0) is 19.1 Å². The fourth-order valence-electron chi connectivity index (χ4n) is 16.4. The molecule has 792 valence electrons. The molecule has 0 spiro atoms. The second kappa shape index (κ2) is 46.3. The smallest absolute Gasteiger partial charge is 0.397 e. The average molecular weight is 2110 g/mol. The number of rotatable bonds is 38. The van der Waals surface area contributed by atoms with Gasteiger partial charge >= 0.3 is 71.4 Å². The number of aliphatic hydroxyl groups is 15. The molecule has 4 amide bonds. The molecule has 9 heterocycles. The summed E-state index contributed by atoms with van der Waals surface area (Å²) in [4.78, 5) is 117. The van der Waals surface area contributed by atoms with Crippen LogP contribution in [0.15, 0.2) is 24.3 Å². The van der Waals surface area contributed by atoms with Crippen LogP contribution in [0.4, 0.5) is 0 Å². The van der Waals surface area contributed by atoms with E-state index in [0.717, 1.165) is 20.8 Å². The van der Waals surface area contributed by atoms with Gasteiger partial charge in [0.15, 0.2) is 80.8 Å². The Bertz CT molecular complexity index is 4940. The first kappa shape index (κ1) is 113. The molecule has 9 saturated heterocycles. The largest absolute Gasteiger partial charge is 0.479 e. The number of aliphatic hydroxyl groups excluding tert-OH is 15. The molecular weight excluding hydrogens is 2000 g/mol. The summed E-state index contributed by atoms with van der Waals surface area (Å²) in [6.45, 7) is -1.64. The summed E-state index contributed by atoms with van der Waals surface area (Å²) in [5, 5.41) is 236.